The van der Waals surface area contributed by atoms with E-state index in [-0.39, 0.29) is 12.2 Å². The van der Waals surface area contributed by atoms with Gasteiger partial charge >= 0.3 is 0 Å². The Labute approximate surface area is 145 Å². The van der Waals surface area contributed by atoms with Crippen LogP contribution in [0.2, 0.25) is 0 Å². The molecule has 0 amide bonds. The van der Waals surface area contributed by atoms with Crippen molar-refractivity contribution in [3.8, 4) is 35.4 Å². The fourth-order valence-corrected chi connectivity index (χ4v) is 2.79. The molecule has 110 valence electrons. The Bertz CT molecular complexity index is 849. The summed E-state index contributed by atoms with van der Waals surface area (Å²) in [5.74, 6) is 3.05. The number of H-pyrrole nitrogens is 1. The first-order valence-electron chi connectivity index (χ1n) is 6.05. The highest BCUT2D eigenvalue weighted by atomic mass is 127. The Morgan fingerprint density at radius 3 is 2.91 bits per heavy atom. The minimum Gasteiger partial charge on any atom is -0.480 e. The van der Waals surface area contributed by atoms with Crippen molar-refractivity contribution in [2.45, 2.75) is 5.16 Å². The number of rotatable bonds is 4. The van der Waals surface area contributed by atoms with Gasteiger partial charge in [0.15, 0.2) is 5.16 Å². The van der Waals surface area contributed by atoms with Crippen molar-refractivity contribution in [2.75, 3.05) is 12.9 Å². The summed E-state index contributed by atoms with van der Waals surface area (Å²) in [6.07, 6.45) is 6.97. The van der Waals surface area contributed by atoms with Crippen LogP contribution in [0.25, 0.3) is 11.3 Å². The maximum absolute atomic E-state index is 11.9. The standard InChI is InChI=1S/C15H10IN3O2S/c1-3-6-21-12-5-4-9(7-11(12)16)13-10(8-17)14(20)19-15(18-13)22-2/h1,4-5,7H,6H2,2H3,(H,18,19,20). The molecule has 7 heteroatoms. The molecule has 0 unspecified atom stereocenters. The van der Waals surface area contributed by atoms with Gasteiger partial charge in [0, 0.05) is 5.56 Å². The lowest BCUT2D eigenvalue weighted by atomic mass is 10.1. The molecule has 0 fully saturated rings. The second-order valence-electron chi connectivity index (χ2n) is 4.05. The quantitative estimate of drug-likeness (QED) is 0.354. The van der Waals surface area contributed by atoms with Gasteiger partial charge in [-0.3, -0.25) is 4.79 Å². The Kier molecular flexibility index (Phi) is 5.47. The van der Waals surface area contributed by atoms with E-state index in [1.807, 2.05) is 6.07 Å². The summed E-state index contributed by atoms with van der Waals surface area (Å²) >= 11 is 3.41. The van der Waals surface area contributed by atoms with Crippen LogP contribution in [0.5, 0.6) is 5.75 Å². The zero-order valence-corrected chi connectivity index (χ0v) is 14.5. The lowest BCUT2D eigenvalue weighted by molar-refractivity contribution is 0.368. The monoisotopic (exact) mass is 423 g/mol. The van der Waals surface area contributed by atoms with E-state index < -0.39 is 5.56 Å². The van der Waals surface area contributed by atoms with Crippen LogP contribution in [0.1, 0.15) is 5.56 Å². The Balaban J connectivity index is 2.55. The van der Waals surface area contributed by atoms with Gasteiger partial charge in [0.05, 0.1) is 9.26 Å². The van der Waals surface area contributed by atoms with Crippen molar-refractivity contribution in [2.24, 2.45) is 0 Å². The molecule has 1 heterocycles. The molecule has 0 spiro atoms. The second-order valence-corrected chi connectivity index (χ2v) is 6.01. The predicted octanol–water partition coefficient (Wildman–Crippen LogP) is 2.65. The molecule has 2 aromatic rings. The highest BCUT2D eigenvalue weighted by molar-refractivity contribution is 14.1. The van der Waals surface area contributed by atoms with Crippen LogP contribution < -0.4 is 10.3 Å². The van der Waals surface area contributed by atoms with E-state index in [2.05, 4.69) is 38.5 Å². The highest BCUT2D eigenvalue weighted by Gasteiger charge is 2.14. The van der Waals surface area contributed by atoms with E-state index >= 15 is 0 Å². The van der Waals surface area contributed by atoms with Gasteiger partial charge in [-0.25, -0.2) is 4.98 Å². The summed E-state index contributed by atoms with van der Waals surface area (Å²) < 4.78 is 6.22. The minimum absolute atomic E-state index is 0.00843. The van der Waals surface area contributed by atoms with Gasteiger partial charge in [-0.05, 0) is 47.0 Å². The number of thioether (sulfide) groups is 1. The van der Waals surface area contributed by atoms with Crippen LogP contribution in [-0.2, 0) is 0 Å². The molecule has 0 aliphatic carbocycles. The Morgan fingerprint density at radius 2 is 2.32 bits per heavy atom. The van der Waals surface area contributed by atoms with E-state index in [1.165, 1.54) is 11.8 Å². The first-order valence-corrected chi connectivity index (χ1v) is 8.35. The third kappa shape index (κ3) is 3.43. The molecule has 0 aliphatic rings. The zero-order chi connectivity index (χ0) is 16.1. The number of nitrogens with one attached hydrogen (secondary N) is 1. The lowest BCUT2D eigenvalue weighted by Crippen LogP contribution is -2.14. The third-order valence-electron chi connectivity index (χ3n) is 2.72. The highest BCUT2D eigenvalue weighted by Crippen LogP contribution is 2.28. The van der Waals surface area contributed by atoms with Crippen LogP contribution in [0.3, 0.4) is 0 Å². The van der Waals surface area contributed by atoms with Gasteiger partial charge in [0.25, 0.3) is 5.56 Å². The number of hydrogen-bond acceptors (Lipinski definition) is 5. The molecule has 1 aromatic carbocycles. The van der Waals surface area contributed by atoms with Crippen LogP contribution in [-0.4, -0.2) is 22.8 Å². The molecular formula is C15H10IN3O2S. The maximum Gasteiger partial charge on any atom is 0.270 e. The lowest BCUT2D eigenvalue weighted by Gasteiger charge is -2.09. The van der Waals surface area contributed by atoms with Crippen molar-refractivity contribution >= 4 is 34.4 Å². The molecule has 2 rings (SSSR count). The second kappa shape index (κ2) is 7.34. The summed E-state index contributed by atoms with van der Waals surface area (Å²) in [6, 6.07) is 7.21. The fourth-order valence-electron chi connectivity index (χ4n) is 1.75. The van der Waals surface area contributed by atoms with Crippen LogP contribution in [0, 0.1) is 27.2 Å². The molecule has 5 nitrogen and oxygen atoms in total. The normalized spacial score (nSPS) is 9.82. The van der Waals surface area contributed by atoms with E-state index in [4.69, 9.17) is 11.2 Å². The largest absolute Gasteiger partial charge is 0.480 e. The molecule has 0 bridgehead atoms. The molecule has 0 aliphatic heterocycles. The number of aromatic nitrogens is 2. The maximum atomic E-state index is 11.9. The first-order chi connectivity index (χ1) is 10.6. The van der Waals surface area contributed by atoms with E-state index in [0.29, 0.717) is 22.2 Å². The average molecular weight is 423 g/mol. The molecule has 1 N–H and O–H groups in total. The fraction of sp³-hybridized carbons (Fsp3) is 0.133. The van der Waals surface area contributed by atoms with Crippen LogP contribution in [0.15, 0.2) is 28.2 Å². The molecule has 22 heavy (non-hydrogen) atoms. The zero-order valence-electron chi connectivity index (χ0n) is 11.5. The van der Waals surface area contributed by atoms with Crippen molar-refractivity contribution in [3.63, 3.8) is 0 Å². The number of terminal acetylenes is 1. The Morgan fingerprint density at radius 1 is 1.55 bits per heavy atom. The van der Waals surface area contributed by atoms with Gasteiger partial charge in [-0.1, -0.05) is 17.7 Å². The van der Waals surface area contributed by atoms with Gasteiger partial charge < -0.3 is 9.72 Å². The van der Waals surface area contributed by atoms with Crippen LogP contribution >= 0.6 is 34.4 Å². The van der Waals surface area contributed by atoms with Crippen molar-refractivity contribution < 1.29 is 4.74 Å². The number of halogens is 1. The number of ether oxygens (including phenoxy) is 1. The number of nitrogens with zero attached hydrogens (tertiary/aromatic N) is 2. The van der Waals surface area contributed by atoms with Gasteiger partial charge in [0.1, 0.15) is 24.0 Å². The third-order valence-corrected chi connectivity index (χ3v) is 4.14. The summed E-state index contributed by atoms with van der Waals surface area (Å²) in [5.41, 5.74) is 0.581. The Hall–Kier alpha value is -1.97. The van der Waals surface area contributed by atoms with Crippen molar-refractivity contribution in [3.05, 3.63) is 37.7 Å². The van der Waals surface area contributed by atoms with Crippen LogP contribution in [0.4, 0.5) is 0 Å². The first kappa shape index (κ1) is 16.4. The molecule has 0 radical (unpaired) electrons. The molecule has 1 aromatic heterocycles. The summed E-state index contributed by atoms with van der Waals surface area (Å²) in [4.78, 5) is 18.8. The molecule has 0 atom stereocenters. The van der Waals surface area contributed by atoms with E-state index in [0.717, 1.165) is 3.57 Å². The number of hydrogen-bond donors (Lipinski definition) is 1. The van der Waals surface area contributed by atoms with Crippen molar-refractivity contribution in [1.82, 2.24) is 9.97 Å². The van der Waals surface area contributed by atoms with Gasteiger partial charge in [0.2, 0.25) is 0 Å². The molecule has 0 saturated heterocycles. The van der Waals surface area contributed by atoms with Gasteiger partial charge in [-0.2, -0.15) is 5.26 Å². The summed E-state index contributed by atoms with van der Waals surface area (Å²) in [6.45, 7) is 0.179. The summed E-state index contributed by atoms with van der Waals surface area (Å²) in [5, 5.41) is 9.66. The number of benzene rings is 1. The smallest absolute Gasteiger partial charge is 0.270 e. The van der Waals surface area contributed by atoms with Gasteiger partial charge in [-0.15, -0.1) is 6.42 Å². The summed E-state index contributed by atoms with van der Waals surface area (Å²) in [7, 11) is 0. The average Bonchev–Trinajstić information content (AvgIpc) is 2.52. The SMILES string of the molecule is C#CCOc1ccc(-c2nc(SC)[nH]c(=O)c2C#N)cc1I. The minimum atomic E-state index is -0.445. The number of nitriles is 1. The molecule has 0 saturated carbocycles. The predicted molar refractivity (Wildman–Crippen MR) is 93.8 cm³/mol. The van der Waals surface area contributed by atoms with E-state index in [1.54, 1.807) is 24.5 Å². The van der Waals surface area contributed by atoms with E-state index in [9.17, 15) is 10.1 Å². The topological polar surface area (TPSA) is 78.8 Å². The molecular weight excluding hydrogens is 413 g/mol. The van der Waals surface area contributed by atoms with Crippen molar-refractivity contribution in [1.29, 1.82) is 5.26 Å². The number of aromatic amines is 1.